The second kappa shape index (κ2) is 13.7. The van der Waals surface area contributed by atoms with Gasteiger partial charge in [-0.2, -0.15) is 10.2 Å². The van der Waals surface area contributed by atoms with E-state index in [-0.39, 0.29) is 11.9 Å². The molecule has 4 aromatic rings. The van der Waals surface area contributed by atoms with Gasteiger partial charge in [-0.1, -0.05) is 18.6 Å². The van der Waals surface area contributed by atoms with Crippen LogP contribution in [0.15, 0.2) is 65.1 Å². The van der Waals surface area contributed by atoms with Crippen molar-refractivity contribution in [3.8, 4) is 23.3 Å². The lowest BCUT2D eigenvalue weighted by molar-refractivity contribution is -0.123. The Hall–Kier alpha value is -5.08. The molecule has 11 nitrogen and oxygen atoms in total. The number of benzene rings is 3. The summed E-state index contributed by atoms with van der Waals surface area (Å²) in [6.07, 6.45) is 2.54. The van der Waals surface area contributed by atoms with Crippen molar-refractivity contribution in [2.45, 2.75) is 25.4 Å². The largest absolute Gasteiger partial charge is 0.493 e. The first-order chi connectivity index (χ1) is 21.0. The molecule has 1 fully saturated rings. The number of hydrogen-bond donors (Lipinski definition) is 2. The molecule has 1 atom stereocenters. The molecule has 3 aromatic carbocycles. The number of carbonyl (C=O) groups is 2. The number of piperidine rings is 1. The molecule has 0 aliphatic carbocycles. The highest BCUT2D eigenvalue weighted by Crippen LogP contribution is 2.33. The molecule has 222 valence electrons. The van der Waals surface area contributed by atoms with E-state index in [9.17, 15) is 9.59 Å². The average Bonchev–Trinajstić information content (AvgIpc) is 3.44. The fourth-order valence-electron chi connectivity index (χ4n) is 4.92. The third kappa shape index (κ3) is 7.23. The molecule has 0 spiro atoms. The number of aromatic nitrogens is 1. The van der Waals surface area contributed by atoms with Crippen LogP contribution in [-0.2, 0) is 4.79 Å². The molecule has 1 saturated heterocycles. The summed E-state index contributed by atoms with van der Waals surface area (Å²) in [4.78, 5) is 33.0. The molecule has 0 bridgehead atoms. The lowest BCUT2D eigenvalue weighted by atomic mass is 10.1. The Labute approximate surface area is 249 Å². The van der Waals surface area contributed by atoms with Crippen LogP contribution in [0.1, 0.15) is 46.9 Å². The Morgan fingerprint density at radius 1 is 1.00 bits per heavy atom. The maximum absolute atomic E-state index is 13.6. The Bertz CT molecular complexity index is 1560. The molecular formula is C32H33N5O6. The predicted octanol–water partition coefficient (Wildman–Crippen LogP) is 4.69. The number of nitrogens with one attached hydrogen (secondary N) is 2. The summed E-state index contributed by atoms with van der Waals surface area (Å²) in [5, 5.41) is 14.8. The summed E-state index contributed by atoms with van der Waals surface area (Å²) in [5.41, 5.74) is 2.30. The summed E-state index contributed by atoms with van der Waals surface area (Å²) >= 11 is 0. The van der Waals surface area contributed by atoms with Gasteiger partial charge in [0, 0.05) is 36.3 Å². The van der Waals surface area contributed by atoms with Crippen LogP contribution >= 0.6 is 0 Å². The van der Waals surface area contributed by atoms with E-state index in [0.717, 1.165) is 19.6 Å². The summed E-state index contributed by atoms with van der Waals surface area (Å²) in [7, 11) is 3.03. The van der Waals surface area contributed by atoms with E-state index >= 15 is 0 Å². The van der Waals surface area contributed by atoms with Crippen LogP contribution in [-0.4, -0.2) is 62.1 Å². The van der Waals surface area contributed by atoms with Gasteiger partial charge in [0.25, 0.3) is 11.8 Å². The van der Waals surface area contributed by atoms with Crippen molar-refractivity contribution in [2.75, 3.05) is 45.7 Å². The fraction of sp³-hybridized carbons (Fsp3) is 0.312. The van der Waals surface area contributed by atoms with Crippen LogP contribution in [0.4, 0.5) is 6.01 Å². The molecule has 0 saturated carbocycles. The summed E-state index contributed by atoms with van der Waals surface area (Å²) in [6, 6.07) is 18.4. The number of rotatable bonds is 11. The molecular weight excluding hydrogens is 550 g/mol. The van der Waals surface area contributed by atoms with Gasteiger partial charge in [-0.05, 0) is 62.3 Å². The number of methoxy groups -OCH3 is 2. The Morgan fingerprint density at radius 3 is 2.37 bits per heavy atom. The van der Waals surface area contributed by atoms with Crippen molar-refractivity contribution in [3.63, 3.8) is 0 Å². The van der Waals surface area contributed by atoms with E-state index in [1.807, 2.05) is 0 Å². The van der Waals surface area contributed by atoms with Gasteiger partial charge >= 0.3 is 6.01 Å². The highest BCUT2D eigenvalue weighted by atomic mass is 16.5. The second-order valence-electron chi connectivity index (χ2n) is 10.1. The van der Waals surface area contributed by atoms with Crippen LogP contribution in [0.3, 0.4) is 0 Å². The number of fused-ring (bicyclic) bond motifs is 1. The molecule has 43 heavy (non-hydrogen) atoms. The Balaban J connectivity index is 1.32. The third-order valence-corrected chi connectivity index (χ3v) is 7.24. The van der Waals surface area contributed by atoms with Gasteiger partial charge < -0.3 is 28.8 Å². The minimum Gasteiger partial charge on any atom is -0.493 e. The molecule has 1 aliphatic heterocycles. The normalized spacial score (nSPS) is 14.0. The summed E-state index contributed by atoms with van der Waals surface area (Å²) in [5.74, 6) is 0.578. The number of nitriles is 1. The van der Waals surface area contributed by atoms with Crippen LogP contribution in [0, 0.1) is 11.3 Å². The minimum absolute atomic E-state index is 0.0339. The number of likely N-dealkylation sites (tertiary alicyclic amines) is 1. The van der Waals surface area contributed by atoms with Crippen LogP contribution in [0.25, 0.3) is 11.1 Å². The molecule has 2 heterocycles. The molecule has 1 unspecified atom stereocenters. The van der Waals surface area contributed by atoms with Crippen molar-refractivity contribution in [1.29, 1.82) is 5.26 Å². The summed E-state index contributed by atoms with van der Waals surface area (Å²) in [6.45, 7) is 3.52. The van der Waals surface area contributed by atoms with Crippen molar-refractivity contribution in [2.24, 2.45) is 0 Å². The molecule has 5 rings (SSSR count). The number of oxazole rings is 1. The van der Waals surface area contributed by atoms with E-state index in [4.69, 9.17) is 23.9 Å². The van der Waals surface area contributed by atoms with E-state index < -0.39 is 12.0 Å². The van der Waals surface area contributed by atoms with E-state index in [1.54, 1.807) is 60.7 Å². The van der Waals surface area contributed by atoms with Gasteiger partial charge in [0.05, 0.1) is 25.9 Å². The maximum Gasteiger partial charge on any atom is 0.302 e. The fourth-order valence-corrected chi connectivity index (χ4v) is 4.92. The molecule has 1 aromatic heterocycles. The molecule has 1 aliphatic rings. The monoisotopic (exact) mass is 583 g/mol. The van der Waals surface area contributed by atoms with E-state index in [2.05, 4.69) is 26.6 Å². The summed E-state index contributed by atoms with van der Waals surface area (Å²) < 4.78 is 22.5. The lowest BCUT2D eigenvalue weighted by Crippen LogP contribution is -2.37. The molecule has 0 radical (unpaired) electrons. The van der Waals surface area contributed by atoms with Crippen molar-refractivity contribution in [3.05, 3.63) is 77.4 Å². The first-order valence-corrected chi connectivity index (χ1v) is 14.1. The van der Waals surface area contributed by atoms with E-state index in [1.165, 1.54) is 33.5 Å². The smallest absolute Gasteiger partial charge is 0.302 e. The van der Waals surface area contributed by atoms with Crippen LogP contribution in [0.2, 0.25) is 0 Å². The lowest BCUT2D eigenvalue weighted by Gasteiger charge is -2.26. The zero-order valence-corrected chi connectivity index (χ0v) is 24.1. The zero-order valence-electron chi connectivity index (χ0n) is 24.1. The second-order valence-corrected chi connectivity index (χ2v) is 10.1. The number of nitrogens with zero attached hydrogens (tertiary/aromatic N) is 3. The molecule has 2 N–H and O–H groups in total. The molecule has 2 amide bonds. The SMILES string of the molecule is COc1cc2nc(NC(=O)C(Oc3ccc(C#N)cc3)c3ccc(C(=O)NCCN4CCCCC4)cc3)oc2cc1OC. The highest BCUT2D eigenvalue weighted by Gasteiger charge is 2.26. The predicted molar refractivity (Wildman–Crippen MR) is 159 cm³/mol. The topological polar surface area (TPSA) is 139 Å². The van der Waals surface area contributed by atoms with Gasteiger partial charge in [-0.3, -0.25) is 14.9 Å². The third-order valence-electron chi connectivity index (χ3n) is 7.24. The van der Waals surface area contributed by atoms with Crippen molar-refractivity contribution >= 4 is 28.9 Å². The van der Waals surface area contributed by atoms with Gasteiger partial charge in [0.2, 0.25) is 6.10 Å². The number of ether oxygens (including phenoxy) is 3. The number of carbonyl (C=O) groups excluding carboxylic acids is 2. The maximum atomic E-state index is 13.6. The number of anilines is 1. The van der Waals surface area contributed by atoms with E-state index in [0.29, 0.717) is 51.6 Å². The standard InChI is InChI=1S/C32H33N5O6/c1-40-27-18-25-26(19-28(27)41-2)43-32(35-25)36-31(39)29(42-24-12-6-21(20-33)7-13-24)22-8-10-23(11-9-22)30(38)34-14-17-37-15-4-3-5-16-37/h6-13,18-19,29H,3-5,14-17H2,1-2H3,(H,34,38)(H,35,36,39). The first-order valence-electron chi connectivity index (χ1n) is 14.1. The Kier molecular flexibility index (Phi) is 9.39. The average molecular weight is 584 g/mol. The van der Waals surface area contributed by atoms with Gasteiger partial charge in [0.1, 0.15) is 11.3 Å². The van der Waals surface area contributed by atoms with Crippen LogP contribution < -0.4 is 24.8 Å². The minimum atomic E-state index is -1.12. The number of amides is 2. The number of hydrogen-bond acceptors (Lipinski definition) is 9. The molecule has 11 heteroatoms. The van der Waals surface area contributed by atoms with Gasteiger partial charge in [-0.25, -0.2) is 0 Å². The highest BCUT2D eigenvalue weighted by molar-refractivity contribution is 5.96. The zero-order chi connectivity index (χ0) is 30.2. The van der Waals surface area contributed by atoms with Crippen molar-refractivity contribution in [1.82, 2.24) is 15.2 Å². The Morgan fingerprint density at radius 2 is 1.70 bits per heavy atom. The van der Waals surface area contributed by atoms with Gasteiger partial charge in [-0.15, -0.1) is 0 Å². The van der Waals surface area contributed by atoms with Crippen molar-refractivity contribution < 1.29 is 28.2 Å². The quantitative estimate of drug-likeness (QED) is 0.257. The van der Waals surface area contributed by atoms with Crippen LogP contribution in [0.5, 0.6) is 17.2 Å². The van der Waals surface area contributed by atoms with Gasteiger partial charge in [0.15, 0.2) is 17.1 Å². The first kappa shape index (κ1) is 29.4.